The van der Waals surface area contributed by atoms with Crippen LogP contribution in [0.25, 0.3) is 10.9 Å². The molecule has 1 aliphatic rings. The Hall–Kier alpha value is -4.50. The number of ether oxygens (including phenoxy) is 2. The van der Waals surface area contributed by atoms with Gasteiger partial charge in [0.25, 0.3) is 0 Å². The van der Waals surface area contributed by atoms with Gasteiger partial charge < -0.3 is 25.5 Å². The van der Waals surface area contributed by atoms with E-state index in [9.17, 15) is 9.18 Å². The second-order valence-electron chi connectivity index (χ2n) is 9.50. The second-order valence-corrected chi connectivity index (χ2v) is 9.94. The number of nitrogens with zero attached hydrogens (tertiary/aromatic N) is 1. The summed E-state index contributed by atoms with van der Waals surface area (Å²) in [5.74, 6) is 0.530. The Kier molecular flexibility index (Phi) is 7.93. The number of aromatic nitrogens is 1. The molecule has 8 nitrogen and oxygen atoms in total. The number of amides is 1. The first-order valence-corrected chi connectivity index (χ1v) is 13.2. The van der Waals surface area contributed by atoms with Crippen molar-refractivity contribution in [3.05, 3.63) is 106 Å². The lowest BCUT2D eigenvalue weighted by Gasteiger charge is -2.35. The van der Waals surface area contributed by atoms with Crippen molar-refractivity contribution in [2.45, 2.75) is 19.4 Å². The molecule has 0 fully saturated rings. The number of aromatic amines is 1. The summed E-state index contributed by atoms with van der Waals surface area (Å²) in [4.78, 5) is 18.6. The Labute approximate surface area is 236 Å². The number of halogens is 2. The number of hydrogen-bond donors (Lipinski definition) is 4. The molecule has 206 valence electrons. The van der Waals surface area contributed by atoms with E-state index in [2.05, 4.69) is 10.3 Å². The van der Waals surface area contributed by atoms with Crippen molar-refractivity contribution in [2.24, 2.45) is 5.73 Å². The van der Waals surface area contributed by atoms with Gasteiger partial charge in [-0.2, -0.15) is 0 Å². The average Bonchev–Trinajstić information content (AvgIpc) is 3.29. The van der Waals surface area contributed by atoms with Gasteiger partial charge in [0.1, 0.15) is 35.8 Å². The first kappa shape index (κ1) is 27.1. The minimum Gasteiger partial charge on any atom is -0.492 e. The van der Waals surface area contributed by atoms with E-state index in [0.717, 1.165) is 33.4 Å². The van der Waals surface area contributed by atoms with Crippen LogP contribution in [0.1, 0.15) is 29.8 Å². The van der Waals surface area contributed by atoms with Crippen LogP contribution in [-0.4, -0.2) is 41.5 Å². The largest absolute Gasteiger partial charge is 0.492 e. The molecule has 0 saturated carbocycles. The monoisotopic (exact) mass is 561 g/mol. The van der Waals surface area contributed by atoms with Crippen LogP contribution in [0.5, 0.6) is 11.5 Å². The zero-order valence-electron chi connectivity index (χ0n) is 21.8. The maximum atomic E-state index is 13.4. The number of amidine groups is 1. The van der Waals surface area contributed by atoms with Crippen molar-refractivity contribution in [1.82, 2.24) is 15.2 Å². The predicted octanol–water partition coefficient (Wildman–Crippen LogP) is 5.92. The molecule has 3 aromatic carbocycles. The predicted molar refractivity (Wildman–Crippen MR) is 154 cm³/mol. The number of hydrogen-bond acceptors (Lipinski definition) is 5. The van der Waals surface area contributed by atoms with Crippen LogP contribution in [0.15, 0.2) is 78.5 Å². The quantitative estimate of drug-likeness (QED) is 0.121. The Balaban J connectivity index is 1.39. The Morgan fingerprint density at radius 2 is 1.90 bits per heavy atom. The van der Waals surface area contributed by atoms with E-state index in [0.29, 0.717) is 36.9 Å². The van der Waals surface area contributed by atoms with Gasteiger partial charge in [0.15, 0.2) is 0 Å². The molecule has 5 N–H and O–H groups in total. The maximum Gasteiger partial charge on any atom is 0.416 e. The normalized spacial score (nSPS) is 15.0. The maximum absolute atomic E-state index is 13.4. The zero-order valence-corrected chi connectivity index (χ0v) is 22.6. The molecular weight excluding hydrogens is 533 g/mol. The summed E-state index contributed by atoms with van der Waals surface area (Å²) in [7, 11) is 0. The highest BCUT2D eigenvalue weighted by Crippen LogP contribution is 2.40. The van der Waals surface area contributed by atoms with Crippen LogP contribution in [0, 0.1) is 11.2 Å². The minimum absolute atomic E-state index is 0.0129. The molecule has 4 aromatic rings. The van der Waals surface area contributed by atoms with Crippen molar-refractivity contribution in [2.75, 3.05) is 19.7 Å². The number of benzene rings is 3. The molecule has 40 heavy (non-hydrogen) atoms. The third-order valence-corrected chi connectivity index (χ3v) is 6.92. The van der Waals surface area contributed by atoms with E-state index < -0.39 is 18.0 Å². The number of rotatable bonds is 8. The van der Waals surface area contributed by atoms with Crippen molar-refractivity contribution >= 4 is 34.4 Å². The van der Waals surface area contributed by atoms with E-state index in [1.54, 1.807) is 4.90 Å². The third-order valence-electron chi connectivity index (χ3n) is 6.68. The molecule has 0 radical (unpaired) electrons. The van der Waals surface area contributed by atoms with Crippen LogP contribution in [-0.2, 0) is 6.42 Å². The van der Waals surface area contributed by atoms with E-state index in [1.807, 2.05) is 49.4 Å². The van der Waals surface area contributed by atoms with Gasteiger partial charge in [0, 0.05) is 40.4 Å². The Morgan fingerprint density at radius 3 is 2.62 bits per heavy atom. The molecule has 0 saturated heterocycles. The number of nitrogens with two attached hydrogens (primary N) is 1. The average molecular weight is 562 g/mol. The topological polar surface area (TPSA) is 116 Å². The first-order valence-electron chi connectivity index (χ1n) is 12.8. The van der Waals surface area contributed by atoms with Crippen LogP contribution >= 0.6 is 11.6 Å². The van der Waals surface area contributed by atoms with E-state index in [4.69, 9.17) is 32.2 Å². The van der Waals surface area contributed by atoms with E-state index in [-0.39, 0.29) is 11.6 Å². The molecule has 2 heterocycles. The highest BCUT2D eigenvalue weighted by Gasteiger charge is 2.35. The van der Waals surface area contributed by atoms with Crippen LogP contribution < -0.4 is 20.5 Å². The van der Waals surface area contributed by atoms with Crippen molar-refractivity contribution in [1.29, 1.82) is 5.41 Å². The van der Waals surface area contributed by atoms with Crippen LogP contribution in [0.3, 0.4) is 0 Å². The molecule has 1 amide bonds. The van der Waals surface area contributed by atoms with Gasteiger partial charge in [-0.1, -0.05) is 23.7 Å². The van der Waals surface area contributed by atoms with Crippen molar-refractivity contribution < 1.29 is 18.7 Å². The lowest BCUT2D eigenvalue weighted by Crippen LogP contribution is -2.42. The first-order chi connectivity index (χ1) is 19.3. The number of H-pyrrole nitrogens is 1. The lowest BCUT2D eigenvalue weighted by molar-refractivity contribution is 0.135. The second kappa shape index (κ2) is 11.7. The molecule has 1 aliphatic heterocycles. The van der Waals surface area contributed by atoms with E-state index >= 15 is 0 Å². The standard InChI is InChI=1S/C30H29ClFN5O3/c1-18(16-27(33)34)35-13-15-39-22-7-2-19(3-8-22)29-28-24(25-17-20(31)4-11-26(25)36-28)12-14-37(29)30(38)40-23-9-5-21(32)6-10-23/h2-11,16-17,29,35-36H,12-15H2,1H3,(H3,33,34)/b18-16-. The number of carbonyl (C=O) groups is 1. The summed E-state index contributed by atoms with van der Waals surface area (Å²) in [6.07, 6.45) is 1.63. The fraction of sp³-hybridized carbons (Fsp3) is 0.200. The fourth-order valence-corrected chi connectivity index (χ4v) is 5.09. The molecule has 0 spiro atoms. The summed E-state index contributed by atoms with van der Waals surface area (Å²) in [5, 5.41) is 12.1. The van der Waals surface area contributed by atoms with Gasteiger partial charge in [0.2, 0.25) is 0 Å². The third kappa shape index (κ3) is 6.05. The molecule has 10 heteroatoms. The number of allylic oxidation sites excluding steroid dienone is 1. The summed E-state index contributed by atoms with van der Waals surface area (Å²) >= 11 is 6.30. The molecule has 1 aromatic heterocycles. The van der Waals surface area contributed by atoms with Crippen molar-refractivity contribution in [3.8, 4) is 11.5 Å². The molecule has 0 aliphatic carbocycles. The summed E-state index contributed by atoms with van der Waals surface area (Å²) in [6, 6.07) is 18.2. The van der Waals surface area contributed by atoms with Gasteiger partial charge in [-0.25, -0.2) is 9.18 Å². The van der Waals surface area contributed by atoms with Crippen LogP contribution in [0.2, 0.25) is 5.02 Å². The number of nitrogens with one attached hydrogen (secondary N) is 3. The number of carbonyl (C=O) groups excluding carboxylic acids is 1. The smallest absolute Gasteiger partial charge is 0.416 e. The van der Waals surface area contributed by atoms with Gasteiger partial charge >= 0.3 is 6.09 Å². The Bertz CT molecular complexity index is 1570. The molecular formula is C30H29ClFN5O3. The van der Waals surface area contributed by atoms with Gasteiger partial charge in [-0.05, 0) is 85.1 Å². The van der Waals surface area contributed by atoms with E-state index in [1.165, 1.54) is 30.3 Å². The SMILES string of the molecule is C/C(=C/C(=N)N)NCCOc1ccc(C2c3[nH]c4ccc(Cl)cc4c3CCN2C(=O)Oc2ccc(F)cc2)cc1. The Morgan fingerprint density at radius 1 is 1.18 bits per heavy atom. The van der Waals surface area contributed by atoms with Crippen LogP contribution in [0.4, 0.5) is 9.18 Å². The highest BCUT2D eigenvalue weighted by molar-refractivity contribution is 6.31. The summed E-state index contributed by atoms with van der Waals surface area (Å²) in [6.45, 7) is 3.21. The molecule has 0 bridgehead atoms. The molecule has 1 atom stereocenters. The summed E-state index contributed by atoms with van der Waals surface area (Å²) < 4.78 is 24.9. The number of fused-ring (bicyclic) bond motifs is 3. The van der Waals surface area contributed by atoms with Gasteiger partial charge in [0.05, 0.1) is 0 Å². The fourth-order valence-electron chi connectivity index (χ4n) is 4.91. The zero-order chi connectivity index (χ0) is 28.2. The minimum atomic E-state index is -0.528. The summed E-state index contributed by atoms with van der Waals surface area (Å²) in [5.41, 5.74) is 9.97. The molecule has 1 unspecified atom stereocenters. The van der Waals surface area contributed by atoms with Crippen molar-refractivity contribution in [3.63, 3.8) is 0 Å². The lowest BCUT2D eigenvalue weighted by atomic mass is 9.92. The van der Waals surface area contributed by atoms with Gasteiger partial charge in [-0.15, -0.1) is 0 Å². The highest BCUT2D eigenvalue weighted by atomic mass is 35.5. The molecule has 5 rings (SSSR count). The van der Waals surface area contributed by atoms with Gasteiger partial charge in [-0.3, -0.25) is 10.3 Å².